The van der Waals surface area contributed by atoms with E-state index < -0.39 is 0 Å². The molecule has 0 bridgehead atoms. The summed E-state index contributed by atoms with van der Waals surface area (Å²) in [5.74, 6) is -0.166. The highest BCUT2D eigenvalue weighted by atomic mass is 16.2. The summed E-state index contributed by atoms with van der Waals surface area (Å²) < 4.78 is 0. The molecule has 0 aliphatic heterocycles. The average molecular weight is 272 g/mol. The van der Waals surface area contributed by atoms with Gasteiger partial charge in [0, 0.05) is 12.6 Å². The number of nitrogens with one attached hydrogen (secondary N) is 3. The van der Waals surface area contributed by atoms with Crippen molar-refractivity contribution in [2.75, 3.05) is 6.54 Å². The molecule has 1 fully saturated rings. The van der Waals surface area contributed by atoms with Crippen LogP contribution in [0.4, 0.5) is 4.79 Å². The van der Waals surface area contributed by atoms with Gasteiger partial charge in [-0.1, -0.05) is 12.1 Å². The van der Waals surface area contributed by atoms with Crippen LogP contribution in [0.25, 0.3) is 0 Å². The summed E-state index contributed by atoms with van der Waals surface area (Å²) >= 11 is 0. The van der Waals surface area contributed by atoms with Gasteiger partial charge in [-0.25, -0.2) is 4.79 Å². The maximum absolute atomic E-state index is 11.5. The molecule has 6 nitrogen and oxygen atoms in total. The summed E-state index contributed by atoms with van der Waals surface area (Å²) in [6.07, 6.45) is 2.05. The number of rotatable bonds is 5. The van der Waals surface area contributed by atoms with Gasteiger partial charge in [0.05, 0.1) is 18.2 Å². The molecule has 0 atom stereocenters. The van der Waals surface area contributed by atoms with Crippen LogP contribution in [0.3, 0.4) is 0 Å². The Bertz CT molecular complexity index is 529. The number of carbonyl (C=O) groups is 2. The first-order chi connectivity index (χ1) is 9.67. The molecule has 3 N–H and O–H groups in total. The third-order valence-electron chi connectivity index (χ3n) is 2.89. The topological polar surface area (TPSA) is 94.0 Å². The van der Waals surface area contributed by atoms with Crippen LogP contribution in [0.1, 0.15) is 24.0 Å². The van der Waals surface area contributed by atoms with E-state index in [0.717, 1.165) is 18.4 Å². The summed E-state index contributed by atoms with van der Waals surface area (Å²) in [6.45, 7) is 0.331. The second-order valence-electron chi connectivity index (χ2n) is 4.69. The summed E-state index contributed by atoms with van der Waals surface area (Å²) in [4.78, 5) is 22.8. The molecule has 1 aliphatic carbocycles. The molecule has 6 heteroatoms. The molecule has 1 aliphatic rings. The van der Waals surface area contributed by atoms with Gasteiger partial charge in [0.1, 0.15) is 0 Å². The minimum absolute atomic E-state index is 0.0182. The van der Waals surface area contributed by atoms with E-state index in [9.17, 15) is 9.59 Å². The van der Waals surface area contributed by atoms with Crippen molar-refractivity contribution >= 4 is 11.9 Å². The highest BCUT2D eigenvalue weighted by Gasteiger charge is 2.23. The van der Waals surface area contributed by atoms with Gasteiger partial charge in [-0.05, 0) is 30.5 Å². The Morgan fingerprint density at radius 2 is 1.90 bits per heavy atom. The molecule has 1 aromatic carbocycles. The highest BCUT2D eigenvalue weighted by molar-refractivity contribution is 5.84. The third-order valence-corrected chi connectivity index (χ3v) is 2.89. The predicted molar refractivity (Wildman–Crippen MR) is 72.6 cm³/mol. The van der Waals surface area contributed by atoms with Crippen LogP contribution in [0.2, 0.25) is 0 Å². The Kier molecular flexibility index (Phi) is 4.56. The zero-order valence-electron chi connectivity index (χ0n) is 11.0. The fourth-order valence-corrected chi connectivity index (χ4v) is 1.61. The van der Waals surface area contributed by atoms with Crippen molar-refractivity contribution in [3.05, 3.63) is 35.4 Å². The van der Waals surface area contributed by atoms with Crippen LogP contribution >= 0.6 is 0 Å². The minimum Gasteiger partial charge on any atom is -0.352 e. The number of benzene rings is 1. The highest BCUT2D eigenvalue weighted by Crippen LogP contribution is 2.18. The normalized spacial score (nSPS) is 13.2. The lowest BCUT2D eigenvalue weighted by Gasteiger charge is -2.08. The van der Waals surface area contributed by atoms with Crippen LogP contribution in [0.15, 0.2) is 24.3 Å². The van der Waals surface area contributed by atoms with E-state index in [2.05, 4.69) is 16.0 Å². The second-order valence-corrected chi connectivity index (χ2v) is 4.69. The molecule has 104 valence electrons. The van der Waals surface area contributed by atoms with Crippen LogP contribution in [0.5, 0.6) is 0 Å². The number of nitriles is 1. The summed E-state index contributed by atoms with van der Waals surface area (Å²) in [7, 11) is 0. The molecule has 0 spiro atoms. The lowest BCUT2D eigenvalue weighted by atomic mass is 10.1. The van der Waals surface area contributed by atoms with Crippen molar-refractivity contribution in [3.63, 3.8) is 0 Å². The Labute approximate surface area is 117 Å². The Morgan fingerprint density at radius 1 is 1.20 bits per heavy atom. The zero-order chi connectivity index (χ0) is 14.4. The van der Waals surface area contributed by atoms with E-state index in [1.54, 1.807) is 24.3 Å². The van der Waals surface area contributed by atoms with Gasteiger partial charge in [0.2, 0.25) is 5.91 Å². The Morgan fingerprint density at radius 3 is 2.50 bits per heavy atom. The summed E-state index contributed by atoms with van der Waals surface area (Å²) in [5, 5.41) is 16.6. The third kappa shape index (κ3) is 4.61. The van der Waals surface area contributed by atoms with E-state index in [4.69, 9.17) is 5.26 Å². The Balaban J connectivity index is 1.66. The van der Waals surface area contributed by atoms with Gasteiger partial charge in [0.15, 0.2) is 0 Å². The molecule has 0 heterocycles. The molecule has 1 aromatic rings. The van der Waals surface area contributed by atoms with Gasteiger partial charge >= 0.3 is 6.03 Å². The molecule has 20 heavy (non-hydrogen) atoms. The first kappa shape index (κ1) is 13.9. The molecular weight excluding hydrogens is 256 g/mol. The van der Waals surface area contributed by atoms with Gasteiger partial charge < -0.3 is 16.0 Å². The standard InChI is InChI=1S/C14H16N4O2/c15-7-10-1-3-11(4-2-10)8-16-14(20)17-9-13(19)18-12-5-6-12/h1-4,12H,5-6,8-9H2,(H,18,19)(H2,16,17,20). The van der Waals surface area contributed by atoms with Gasteiger partial charge in [-0.2, -0.15) is 5.26 Å². The number of amides is 3. The SMILES string of the molecule is N#Cc1ccc(CNC(=O)NCC(=O)NC2CC2)cc1. The maximum Gasteiger partial charge on any atom is 0.315 e. The van der Waals surface area contributed by atoms with E-state index in [0.29, 0.717) is 18.2 Å². The average Bonchev–Trinajstić information content (AvgIpc) is 3.27. The molecule has 3 amide bonds. The smallest absolute Gasteiger partial charge is 0.315 e. The monoisotopic (exact) mass is 272 g/mol. The number of hydrogen-bond donors (Lipinski definition) is 3. The first-order valence-corrected chi connectivity index (χ1v) is 6.47. The summed E-state index contributed by atoms with van der Waals surface area (Å²) in [6, 6.07) is 8.87. The van der Waals surface area contributed by atoms with Crippen molar-refractivity contribution in [2.45, 2.75) is 25.4 Å². The molecule has 0 radical (unpaired) electrons. The molecule has 0 aromatic heterocycles. The Hall–Kier alpha value is -2.55. The maximum atomic E-state index is 11.5. The minimum atomic E-state index is -0.389. The number of carbonyl (C=O) groups excluding carboxylic acids is 2. The lowest BCUT2D eigenvalue weighted by molar-refractivity contribution is -0.120. The van der Waals surface area contributed by atoms with Crippen molar-refractivity contribution in [1.29, 1.82) is 5.26 Å². The lowest BCUT2D eigenvalue weighted by Crippen LogP contribution is -2.42. The van der Waals surface area contributed by atoms with Crippen LogP contribution in [0, 0.1) is 11.3 Å². The number of hydrogen-bond acceptors (Lipinski definition) is 3. The molecule has 2 rings (SSSR count). The van der Waals surface area contributed by atoms with E-state index in [1.807, 2.05) is 6.07 Å². The summed E-state index contributed by atoms with van der Waals surface area (Å²) in [5.41, 5.74) is 1.47. The van der Waals surface area contributed by atoms with Crippen LogP contribution < -0.4 is 16.0 Å². The molecule has 1 saturated carbocycles. The zero-order valence-corrected chi connectivity index (χ0v) is 11.0. The molecule has 0 unspecified atom stereocenters. The first-order valence-electron chi connectivity index (χ1n) is 6.47. The largest absolute Gasteiger partial charge is 0.352 e. The molecular formula is C14H16N4O2. The van der Waals surface area contributed by atoms with Gasteiger partial charge in [-0.3, -0.25) is 4.79 Å². The molecule has 0 saturated heterocycles. The van der Waals surface area contributed by atoms with Crippen LogP contribution in [-0.2, 0) is 11.3 Å². The van der Waals surface area contributed by atoms with Gasteiger partial charge in [0.25, 0.3) is 0 Å². The van der Waals surface area contributed by atoms with E-state index in [-0.39, 0.29) is 18.5 Å². The fourth-order valence-electron chi connectivity index (χ4n) is 1.61. The van der Waals surface area contributed by atoms with Crippen molar-refractivity contribution < 1.29 is 9.59 Å². The van der Waals surface area contributed by atoms with Crippen molar-refractivity contribution in [1.82, 2.24) is 16.0 Å². The quantitative estimate of drug-likeness (QED) is 0.734. The van der Waals surface area contributed by atoms with Gasteiger partial charge in [-0.15, -0.1) is 0 Å². The van der Waals surface area contributed by atoms with Crippen molar-refractivity contribution in [2.24, 2.45) is 0 Å². The van der Waals surface area contributed by atoms with Crippen LogP contribution in [-0.4, -0.2) is 24.5 Å². The fraction of sp³-hybridized carbons (Fsp3) is 0.357. The predicted octanol–water partition coefficient (Wildman–Crippen LogP) is 0.636. The van der Waals surface area contributed by atoms with E-state index in [1.165, 1.54) is 0 Å². The second kappa shape index (κ2) is 6.57. The number of nitrogens with zero attached hydrogens (tertiary/aromatic N) is 1. The van der Waals surface area contributed by atoms with Crippen molar-refractivity contribution in [3.8, 4) is 6.07 Å². The number of urea groups is 1. The van der Waals surface area contributed by atoms with E-state index >= 15 is 0 Å².